The van der Waals surface area contributed by atoms with Crippen LogP contribution in [-0.4, -0.2) is 33.3 Å². The van der Waals surface area contributed by atoms with Gasteiger partial charge in [0.25, 0.3) is 5.91 Å². The minimum Gasteiger partial charge on any atom is -0.481 e. The van der Waals surface area contributed by atoms with E-state index in [9.17, 15) is 14.7 Å². The molecule has 2 N–H and O–H groups in total. The molecule has 1 heterocycles. The first-order valence-electron chi connectivity index (χ1n) is 7.43. The number of carbonyl (C=O) groups excluding carboxylic acids is 1. The molecule has 1 saturated carbocycles. The summed E-state index contributed by atoms with van der Waals surface area (Å²) >= 11 is 0. The molecule has 6 nitrogen and oxygen atoms in total. The largest absolute Gasteiger partial charge is 0.481 e. The Morgan fingerprint density at radius 2 is 2.14 bits per heavy atom. The molecule has 1 aromatic rings. The lowest BCUT2D eigenvalue weighted by atomic mass is 9.97. The zero-order chi connectivity index (χ0) is 15.6. The molecule has 0 aliphatic heterocycles. The highest BCUT2D eigenvalue weighted by molar-refractivity contribution is 5.95. The Bertz CT molecular complexity index is 532. The van der Waals surface area contributed by atoms with Gasteiger partial charge in [0.05, 0.1) is 23.4 Å². The fourth-order valence-electron chi connectivity index (χ4n) is 2.61. The summed E-state index contributed by atoms with van der Waals surface area (Å²) in [4.78, 5) is 23.5. The van der Waals surface area contributed by atoms with Crippen molar-refractivity contribution in [3.05, 3.63) is 17.5 Å². The molecule has 1 unspecified atom stereocenters. The highest BCUT2D eigenvalue weighted by atomic mass is 16.4. The van der Waals surface area contributed by atoms with Gasteiger partial charge in [-0.3, -0.25) is 14.3 Å². The number of hydrogen-bond acceptors (Lipinski definition) is 3. The molecular formula is C15H23N3O3. The normalized spacial score (nSPS) is 16.0. The van der Waals surface area contributed by atoms with Gasteiger partial charge in [-0.1, -0.05) is 13.8 Å². The van der Waals surface area contributed by atoms with Gasteiger partial charge in [-0.05, 0) is 25.2 Å². The second-order valence-corrected chi connectivity index (χ2v) is 6.22. The third kappa shape index (κ3) is 3.83. The lowest BCUT2D eigenvalue weighted by Crippen LogP contribution is -2.34. The predicted octanol–water partition coefficient (Wildman–Crippen LogP) is 1.77. The van der Waals surface area contributed by atoms with E-state index >= 15 is 0 Å². The average molecular weight is 293 g/mol. The van der Waals surface area contributed by atoms with Crippen LogP contribution in [0.15, 0.2) is 6.20 Å². The Labute approximate surface area is 124 Å². The third-order valence-electron chi connectivity index (χ3n) is 3.81. The van der Waals surface area contributed by atoms with Crippen LogP contribution in [0, 0.1) is 11.8 Å². The monoisotopic (exact) mass is 293 g/mol. The fourth-order valence-corrected chi connectivity index (χ4v) is 2.61. The van der Waals surface area contributed by atoms with Crippen LogP contribution in [0.4, 0.5) is 0 Å². The maximum atomic E-state index is 12.3. The van der Waals surface area contributed by atoms with E-state index in [-0.39, 0.29) is 18.4 Å². The summed E-state index contributed by atoms with van der Waals surface area (Å²) in [6, 6.07) is 0. The summed E-state index contributed by atoms with van der Waals surface area (Å²) in [6.45, 7) is 4.11. The first kappa shape index (κ1) is 15.5. The number of amides is 1. The molecule has 0 saturated heterocycles. The second kappa shape index (κ2) is 6.28. The van der Waals surface area contributed by atoms with Crippen molar-refractivity contribution in [2.24, 2.45) is 18.9 Å². The molecule has 6 heteroatoms. The maximum absolute atomic E-state index is 12.3. The summed E-state index contributed by atoms with van der Waals surface area (Å²) in [5, 5.41) is 16.1. The van der Waals surface area contributed by atoms with Crippen LogP contribution >= 0.6 is 0 Å². The van der Waals surface area contributed by atoms with E-state index in [2.05, 4.69) is 10.4 Å². The van der Waals surface area contributed by atoms with Gasteiger partial charge in [0, 0.05) is 19.5 Å². The Balaban J connectivity index is 1.99. The molecule has 0 bridgehead atoms. The lowest BCUT2D eigenvalue weighted by molar-refractivity contribution is -0.142. The molecule has 0 spiro atoms. The van der Waals surface area contributed by atoms with E-state index in [0.29, 0.717) is 17.9 Å². The van der Waals surface area contributed by atoms with Crippen molar-refractivity contribution in [3.63, 3.8) is 0 Å². The van der Waals surface area contributed by atoms with Gasteiger partial charge in [-0.2, -0.15) is 5.10 Å². The minimum atomic E-state index is -0.863. The number of carboxylic acid groups (broad SMARTS) is 1. The zero-order valence-corrected chi connectivity index (χ0v) is 12.8. The molecule has 1 aliphatic rings. The lowest BCUT2D eigenvalue weighted by Gasteiger charge is -2.15. The SMILES string of the molecule is CC(C)CC(CNC(=O)c1cnn(C)c1C1CC1)C(=O)O. The van der Waals surface area contributed by atoms with Gasteiger partial charge in [-0.25, -0.2) is 0 Å². The summed E-state index contributed by atoms with van der Waals surface area (Å²) in [5.41, 5.74) is 1.54. The van der Waals surface area contributed by atoms with E-state index in [4.69, 9.17) is 0 Å². The van der Waals surface area contributed by atoms with Gasteiger partial charge < -0.3 is 10.4 Å². The Kier molecular flexibility index (Phi) is 4.65. The van der Waals surface area contributed by atoms with Gasteiger partial charge >= 0.3 is 5.97 Å². The molecule has 1 atom stereocenters. The number of nitrogens with zero attached hydrogens (tertiary/aromatic N) is 2. The van der Waals surface area contributed by atoms with Gasteiger partial charge in [0.1, 0.15) is 0 Å². The first-order chi connectivity index (χ1) is 9.90. The number of hydrogen-bond donors (Lipinski definition) is 2. The van der Waals surface area contributed by atoms with Crippen LogP contribution < -0.4 is 5.32 Å². The highest BCUT2D eigenvalue weighted by Crippen LogP contribution is 2.41. The van der Waals surface area contributed by atoms with Crippen LogP contribution in [0.3, 0.4) is 0 Å². The van der Waals surface area contributed by atoms with Crippen molar-refractivity contribution in [1.29, 1.82) is 0 Å². The number of nitrogens with one attached hydrogen (secondary N) is 1. The molecule has 21 heavy (non-hydrogen) atoms. The van der Waals surface area contributed by atoms with E-state index < -0.39 is 11.9 Å². The van der Waals surface area contributed by atoms with Crippen molar-refractivity contribution in [1.82, 2.24) is 15.1 Å². The van der Waals surface area contributed by atoms with Crippen molar-refractivity contribution in [2.45, 2.75) is 39.0 Å². The summed E-state index contributed by atoms with van der Waals surface area (Å²) in [6.07, 6.45) is 4.30. The number of aliphatic carboxylic acids is 1. The number of carboxylic acids is 1. The molecular weight excluding hydrogens is 270 g/mol. The molecule has 2 rings (SSSR count). The van der Waals surface area contributed by atoms with E-state index in [1.54, 1.807) is 10.9 Å². The Hall–Kier alpha value is -1.85. The number of rotatable bonds is 7. The standard InChI is InChI=1S/C15H23N3O3/c1-9(2)6-11(15(20)21)7-16-14(19)12-8-17-18(3)13(12)10-4-5-10/h8-11H,4-7H2,1-3H3,(H,16,19)(H,20,21). The number of aryl methyl sites for hydroxylation is 1. The summed E-state index contributed by atoms with van der Waals surface area (Å²) < 4.78 is 1.75. The van der Waals surface area contributed by atoms with Crippen LogP contribution in [0.2, 0.25) is 0 Å². The number of aromatic nitrogens is 2. The second-order valence-electron chi connectivity index (χ2n) is 6.22. The van der Waals surface area contributed by atoms with Crippen molar-refractivity contribution in [2.75, 3.05) is 6.54 Å². The minimum absolute atomic E-state index is 0.158. The predicted molar refractivity (Wildman–Crippen MR) is 78.1 cm³/mol. The van der Waals surface area contributed by atoms with Crippen LogP contribution in [-0.2, 0) is 11.8 Å². The van der Waals surface area contributed by atoms with Crippen LogP contribution in [0.1, 0.15) is 55.1 Å². The Morgan fingerprint density at radius 1 is 1.48 bits per heavy atom. The molecule has 1 fully saturated rings. The van der Waals surface area contributed by atoms with Crippen molar-refractivity contribution < 1.29 is 14.7 Å². The van der Waals surface area contributed by atoms with Crippen molar-refractivity contribution >= 4 is 11.9 Å². The third-order valence-corrected chi connectivity index (χ3v) is 3.81. The topological polar surface area (TPSA) is 84.2 Å². The quantitative estimate of drug-likeness (QED) is 0.802. The van der Waals surface area contributed by atoms with E-state index in [0.717, 1.165) is 18.5 Å². The van der Waals surface area contributed by atoms with Gasteiger partial charge in [0.2, 0.25) is 0 Å². The Morgan fingerprint density at radius 3 is 2.67 bits per heavy atom. The first-order valence-corrected chi connectivity index (χ1v) is 7.43. The molecule has 1 aliphatic carbocycles. The molecule has 0 radical (unpaired) electrons. The van der Waals surface area contributed by atoms with Gasteiger partial charge in [0.15, 0.2) is 0 Å². The highest BCUT2D eigenvalue weighted by Gasteiger charge is 2.31. The van der Waals surface area contributed by atoms with Crippen molar-refractivity contribution in [3.8, 4) is 0 Å². The zero-order valence-electron chi connectivity index (χ0n) is 12.8. The summed E-state index contributed by atoms with van der Waals surface area (Å²) in [5.74, 6) is -0.930. The van der Waals surface area contributed by atoms with E-state index in [1.807, 2.05) is 20.9 Å². The van der Waals surface area contributed by atoms with E-state index in [1.165, 1.54) is 0 Å². The van der Waals surface area contributed by atoms with Crippen LogP contribution in [0.5, 0.6) is 0 Å². The average Bonchev–Trinajstić information content (AvgIpc) is 3.16. The smallest absolute Gasteiger partial charge is 0.308 e. The molecule has 1 amide bonds. The summed E-state index contributed by atoms with van der Waals surface area (Å²) in [7, 11) is 1.84. The van der Waals surface area contributed by atoms with Crippen LogP contribution in [0.25, 0.3) is 0 Å². The van der Waals surface area contributed by atoms with Gasteiger partial charge in [-0.15, -0.1) is 0 Å². The molecule has 1 aromatic heterocycles. The number of carbonyl (C=O) groups is 2. The maximum Gasteiger partial charge on any atom is 0.308 e. The fraction of sp³-hybridized carbons (Fsp3) is 0.667. The molecule has 0 aromatic carbocycles. The molecule has 116 valence electrons.